The first-order chi connectivity index (χ1) is 20.5. The fourth-order valence-corrected chi connectivity index (χ4v) is 5.99. The van der Waals surface area contributed by atoms with E-state index in [1.165, 1.54) is 6.08 Å². The molecule has 0 unspecified atom stereocenters. The Hall–Kier alpha value is -4.69. The van der Waals surface area contributed by atoms with Crippen LogP contribution in [0.4, 0.5) is 5.82 Å². The van der Waals surface area contributed by atoms with Crippen molar-refractivity contribution in [3.63, 3.8) is 0 Å². The minimum atomic E-state index is -0.301. The first kappa shape index (κ1) is 27.5. The Morgan fingerprint density at radius 1 is 1.21 bits per heavy atom. The van der Waals surface area contributed by atoms with E-state index in [2.05, 4.69) is 40.4 Å². The molecule has 2 fully saturated rings. The van der Waals surface area contributed by atoms with Gasteiger partial charge in [0.1, 0.15) is 18.4 Å². The summed E-state index contributed by atoms with van der Waals surface area (Å²) in [4.78, 5) is 31.9. The van der Waals surface area contributed by atoms with Crippen molar-refractivity contribution in [2.24, 2.45) is 0 Å². The first-order valence-corrected chi connectivity index (χ1v) is 14.2. The lowest BCUT2D eigenvalue weighted by Crippen LogP contribution is -2.56. The van der Waals surface area contributed by atoms with Gasteiger partial charge in [-0.25, -0.2) is 16.1 Å². The van der Waals surface area contributed by atoms with Crippen molar-refractivity contribution in [2.45, 2.75) is 24.9 Å². The largest absolute Gasteiger partial charge is 0.497 e. The van der Waals surface area contributed by atoms with Crippen LogP contribution >= 0.6 is 0 Å². The number of aromatic nitrogens is 4. The summed E-state index contributed by atoms with van der Waals surface area (Å²) >= 11 is 0. The highest BCUT2D eigenvalue weighted by molar-refractivity contribution is 5.97. The Bertz CT molecular complexity index is 1680. The van der Waals surface area contributed by atoms with Crippen LogP contribution in [0.15, 0.2) is 55.3 Å². The lowest BCUT2D eigenvalue weighted by molar-refractivity contribution is -0.128. The number of fused-ring (bicyclic) bond motifs is 2. The Kier molecular flexibility index (Phi) is 7.63. The van der Waals surface area contributed by atoms with Crippen LogP contribution in [0.3, 0.4) is 0 Å². The van der Waals surface area contributed by atoms with Crippen LogP contribution in [0.1, 0.15) is 12.8 Å². The molecule has 2 aliphatic heterocycles. The van der Waals surface area contributed by atoms with Crippen LogP contribution in [0.2, 0.25) is 0 Å². The minimum absolute atomic E-state index is 0.172. The maximum absolute atomic E-state index is 12.5. The highest BCUT2D eigenvalue weighted by Gasteiger charge is 2.34. The number of carbonyl (C=O) groups excluding carboxylic acids is 1. The van der Waals surface area contributed by atoms with Crippen LogP contribution in [0.5, 0.6) is 11.8 Å². The summed E-state index contributed by atoms with van der Waals surface area (Å²) in [6, 6.07) is 12.4. The Balaban J connectivity index is 1.45. The Morgan fingerprint density at radius 2 is 2.07 bits per heavy atom. The Labute approximate surface area is 244 Å². The number of anilines is 1. The van der Waals surface area contributed by atoms with Gasteiger partial charge < -0.3 is 29.0 Å². The van der Waals surface area contributed by atoms with Crippen molar-refractivity contribution in [2.75, 3.05) is 58.4 Å². The van der Waals surface area contributed by atoms with E-state index in [1.807, 2.05) is 24.3 Å². The lowest BCUT2D eigenvalue weighted by Gasteiger charge is -2.39. The quantitative estimate of drug-likeness (QED) is 0.236. The predicted octanol–water partition coefficient (Wildman–Crippen LogP) is 3.55. The van der Waals surface area contributed by atoms with E-state index >= 15 is 0 Å². The van der Waals surface area contributed by atoms with Gasteiger partial charge in [0.05, 0.1) is 19.0 Å². The van der Waals surface area contributed by atoms with Gasteiger partial charge in [-0.15, -0.1) is 5.10 Å². The Morgan fingerprint density at radius 3 is 2.83 bits per heavy atom. The van der Waals surface area contributed by atoms with Gasteiger partial charge in [-0.2, -0.15) is 4.98 Å². The topological polar surface area (TPSA) is 92.7 Å². The molecule has 2 aliphatic rings. The van der Waals surface area contributed by atoms with E-state index in [9.17, 15) is 4.79 Å². The number of likely N-dealkylation sites (N-methyl/N-ethyl adjacent to an activating group) is 1. The van der Waals surface area contributed by atoms with Gasteiger partial charge in [0.15, 0.2) is 11.5 Å². The molecule has 42 heavy (non-hydrogen) atoms. The fourth-order valence-electron chi connectivity index (χ4n) is 5.99. The normalized spacial score (nSPS) is 19.3. The molecule has 4 heterocycles. The molecule has 4 aromatic rings. The molecular formula is C31H34N8O3. The molecule has 2 aromatic heterocycles. The van der Waals surface area contributed by atoms with E-state index < -0.39 is 0 Å². The third-order valence-corrected chi connectivity index (χ3v) is 8.29. The summed E-state index contributed by atoms with van der Waals surface area (Å²) in [6.45, 7) is 14.2. The molecule has 0 saturated carbocycles. The number of piperazine rings is 1. The molecular weight excluding hydrogens is 532 g/mol. The zero-order valence-corrected chi connectivity index (χ0v) is 23.9. The van der Waals surface area contributed by atoms with Crippen LogP contribution in [0.25, 0.3) is 32.5 Å². The number of imidazole rings is 1. The second-order valence-electron chi connectivity index (χ2n) is 10.8. The van der Waals surface area contributed by atoms with Crippen LogP contribution < -0.4 is 14.4 Å². The molecule has 6 rings (SSSR count). The number of amides is 1. The summed E-state index contributed by atoms with van der Waals surface area (Å²) in [5.74, 6) is 1.17. The maximum atomic E-state index is 12.5. The second-order valence-corrected chi connectivity index (χ2v) is 10.8. The zero-order chi connectivity index (χ0) is 29.2. The summed E-state index contributed by atoms with van der Waals surface area (Å²) in [5, 5.41) is 6.92. The summed E-state index contributed by atoms with van der Waals surface area (Å²) < 4.78 is 13.7. The molecule has 0 N–H and O–H groups in total. The van der Waals surface area contributed by atoms with Crippen molar-refractivity contribution in [1.29, 1.82) is 0 Å². The van der Waals surface area contributed by atoms with E-state index in [4.69, 9.17) is 31.1 Å². The average molecular weight is 567 g/mol. The third-order valence-electron chi connectivity index (χ3n) is 8.29. The minimum Gasteiger partial charge on any atom is -0.497 e. The summed E-state index contributed by atoms with van der Waals surface area (Å²) in [7, 11) is 3.77. The van der Waals surface area contributed by atoms with Crippen molar-refractivity contribution in [1.82, 2.24) is 29.4 Å². The van der Waals surface area contributed by atoms with Gasteiger partial charge in [-0.1, -0.05) is 30.8 Å². The fraction of sp³-hybridized carbons (Fsp3) is 0.387. The lowest BCUT2D eigenvalue weighted by atomic mass is 10.0. The van der Waals surface area contributed by atoms with Crippen molar-refractivity contribution in [3.05, 3.63) is 66.7 Å². The van der Waals surface area contributed by atoms with Gasteiger partial charge in [0.2, 0.25) is 12.5 Å². The highest BCUT2D eigenvalue weighted by atomic mass is 16.5. The number of hydrogen-bond acceptors (Lipinski definition) is 8. The first-order valence-electron chi connectivity index (χ1n) is 14.2. The molecule has 1 amide bonds. The van der Waals surface area contributed by atoms with E-state index in [1.54, 1.807) is 22.7 Å². The predicted molar refractivity (Wildman–Crippen MR) is 161 cm³/mol. The summed E-state index contributed by atoms with van der Waals surface area (Å²) in [6.07, 6.45) is 5.31. The van der Waals surface area contributed by atoms with Gasteiger partial charge in [-0.3, -0.25) is 4.79 Å². The highest BCUT2D eigenvalue weighted by Crippen LogP contribution is 2.35. The smallest absolute Gasteiger partial charge is 0.336 e. The van der Waals surface area contributed by atoms with Crippen molar-refractivity contribution >= 4 is 28.1 Å². The molecule has 2 atom stereocenters. The standard InChI is InChI=1S/C31H34N8O3/c1-5-28(40)38-14-13-37(19-23(38)17-32-2)30-29-33-18-27(26-16-24(41-4)15-21-9-6-7-11-25(21)26)39(29)35-31(34-30)42-20-22-10-8-12-36(22)3/h5-7,9,11,15-16,18,22-23H,1,8,10,12-14,17,19-20H2,3-4H3/t22-,23-/m0/s1. The molecule has 11 nitrogen and oxygen atoms in total. The second kappa shape index (κ2) is 11.7. The van der Waals surface area contributed by atoms with Crippen molar-refractivity contribution in [3.8, 4) is 23.0 Å². The molecule has 11 heteroatoms. The molecule has 0 radical (unpaired) electrons. The third kappa shape index (κ3) is 5.10. The number of hydrogen-bond donors (Lipinski definition) is 0. The van der Waals surface area contributed by atoms with Crippen LogP contribution in [-0.2, 0) is 4.79 Å². The number of carbonyl (C=O) groups is 1. The number of benzene rings is 2. The molecule has 2 aromatic carbocycles. The van der Waals surface area contributed by atoms with Gasteiger partial charge in [0.25, 0.3) is 0 Å². The molecule has 2 saturated heterocycles. The monoisotopic (exact) mass is 566 g/mol. The maximum Gasteiger partial charge on any atom is 0.336 e. The number of nitrogens with zero attached hydrogens (tertiary/aromatic N) is 8. The van der Waals surface area contributed by atoms with Crippen molar-refractivity contribution < 1.29 is 14.3 Å². The van der Waals surface area contributed by atoms with E-state index in [0.29, 0.717) is 43.7 Å². The number of rotatable bonds is 8. The molecule has 0 bridgehead atoms. The SMILES string of the molecule is [C-]#[N+]C[C@H]1CN(c2nc(OC[C@@H]3CCCN3C)nn3c(-c4cc(OC)cc5ccccc45)cnc23)CCN1C(=O)C=C. The van der Waals surface area contributed by atoms with Gasteiger partial charge in [0, 0.05) is 31.2 Å². The molecule has 216 valence electrons. The number of likely N-dealkylation sites (tertiary alicyclic amines) is 1. The van der Waals surface area contributed by atoms with Crippen LogP contribution in [0, 0.1) is 6.57 Å². The van der Waals surface area contributed by atoms with E-state index in [-0.39, 0.29) is 24.5 Å². The zero-order valence-electron chi connectivity index (χ0n) is 23.9. The number of methoxy groups -OCH3 is 1. The molecule has 0 aliphatic carbocycles. The van der Waals surface area contributed by atoms with Gasteiger partial charge in [-0.05, 0) is 55.4 Å². The van der Waals surface area contributed by atoms with E-state index in [0.717, 1.165) is 47.2 Å². The molecule has 0 spiro atoms. The average Bonchev–Trinajstić information content (AvgIpc) is 3.64. The summed E-state index contributed by atoms with van der Waals surface area (Å²) in [5.41, 5.74) is 2.29. The van der Waals surface area contributed by atoms with Crippen LogP contribution in [-0.4, -0.2) is 101 Å². The van der Waals surface area contributed by atoms with Gasteiger partial charge >= 0.3 is 6.01 Å². The number of ether oxygens (including phenoxy) is 2.